The third-order valence-corrected chi connectivity index (χ3v) is 3.11. The molecule has 2 rings (SSSR count). The predicted octanol–water partition coefficient (Wildman–Crippen LogP) is 1.34. The van der Waals surface area contributed by atoms with Crippen LogP contribution in [-0.4, -0.2) is 37.3 Å². The monoisotopic (exact) mass is 329 g/mol. The van der Waals surface area contributed by atoms with E-state index in [-0.39, 0.29) is 43.1 Å². The lowest BCUT2D eigenvalue weighted by atomic mass is 10.0. The molecule has 1 aliphatic heterocycles. The third-order valence-electron chi connectivity index (χ3n) is 3.11. The predicted molar refractivity (Wildman–Crippen MR) is 76.1 cm³/mol. The van der Waals surface area contributed by atoms with Gasteiger partial charge in [-0.3, -0.25) is 14.6 Å². The molecule has 0 saturated heterocycles. The Labute approximate surface area is 129 Å². The van der Waals surface area contributed by atoms with Crippen molar-refractivity contribution >= 4 is 23.3 Å². The standard InChI is InChI=1S/C14H14F3N3O3/c15-14(16,17)9-5-8(11-7-23-13(22)6-20-11)1-2-10(9)19-4-3-12(18)21/h1-2,5,19H,3-4,6-7H2,(H2,18,21). The molecule has 0 unspecified atom stereocenters. The van der Waals surface area contributed by atoms with Crippen molar-refractivity contribution in [1.29, 1.82) is 0 Å². The number of anilines is 1. The summed E-state index contributed by atoms with van der Waals surface area (Å²) in [5.74, 6) is -1.13. The topological polar surface area (TPSA) is 93.8 Å². The Bertz CT molecular complexity index is 656. The molecule has 0 atom stereocenters. The Hall–Kier alpha value is -2.58. The highest BCUT2D eigenvalue weighted by atomic mass is 19.4. The van der Waals surface area contributed by atoms with E-state index in [1.807, 2.05) is 0 Å². The summed E-state index contributed by atoms with van der Waals surface area (Å²) in [5, 5.41) is 2.54. The lowest BCUT2D eigenvalue weighted by Gasteiger charge is -2.18. The summed E-state index contributed by atoms with van der Waals surface area (Å²) in [6.45, 7) is -0.379. The summed E-state index contributed by atoms with van der Waals surface area (Å²) in [4.78, 5) is 25.5. The number of primary amides is 1. The van der Waals surface area contributed by atoms with Crippen molar-refractivity contribution in [3.63, 3.8) is 0 Å². The van der Waals surface area contributed by atoms with Crippen LogP contribution in [0, 0.1) is 0 Å². The van der Waals surface area contributed by atoms with Gasteiger partial charge in [0.2, 0.25) is 5.91 Å². The minimum absolute atomic E-state index is 0.00365. The number of esters is 1. The van der Waals surface area contributed by atoms with Crippen LogP contribution in [0.5, 0.6) is 0 Å². The molecule has 1 aromatic carbocycles. The summed E-state index contributed by atoms with van der Waals surface area (Å²) in [6, 6.07) is 3.63. The first-order chi connectivity index (χ1) is 10.8. The fourth-order valence-corrected chi connectivity index (χ4v) is 2.01. The van der Waals surface area contributed by atoms with Gasteiger partial charge >= 0.3 is 12.1 Å². The highest BCUT2D eigenvalue weighted by Crippen LogP contribution is 2.35. The molecule has 124 valence electrons. The number of alkyl halides is 3. The first-order valence-electron chi connectivity index (χ1n) is 6.70. The molecule has 1 heterocycles. The van der Waals surface area contributed by atoms with Gasteiger partial charge in [-0.2, -0.15) is 13.2 Å². The zero-order chi connectivity index (χ0) is 17.0. The second-order valence-corrected chi connectivity index (χ2v) is 4.82. The normalized spacial score (nSPS) is 14.9. The Morgan fingerprint density at radius 3 is 2.70 bits per heavy atom. The van der Waals surface area contributed by atoms with E-state index in [1.165, 1.54) is 12.1 Å². The van der Waals surface area contributed by atoms with E-state index in [1.54, 1.807) is 0 Å². The van der Waals surface area contributed by atoms with Gasteiger partial charge in [0.15, 0.2) is 0 Å². The number of halogens is 3. The second-order valence-electron chi connectivity index (χ2n) is 4.82. The van der Waals surface area contributed by atoms with Crippen molar-refractivity contribution in [1.82, 2.24) is 0 Å². The SMILES string of the molecule is NC(=O)CCNc1ccc(C2=NCC(=O)OC2)cc1C(F)(F)F. The van der Waals surface area contributed by atoms with Gasteiger partial charge in [0.05, 0.1) is 11.3 Å². The van der Waals surface area contributed by atoms with Crippen LogP contribution in [-0.2, 0) is 20.5 Å². The first kappa shape index (κ1) is 16.8. The zero-order valence-corrected chi connectivity index (χ0v) is 11.9. The molecular weight excluding hydrogens is 315 g/mol. The summed E-state index contributed by atoms with van der Waals surface area (Å²) < 4.78 is 44.3. The van der Waals surface area contributed by atoms with Gasteiger partial charge in [0.25, 0.3) is 0 Å². The largest absolute Gasteiger partial charge is 0.458 e. The van der Waals surface area contributed by atoms with Crippen LogP contribution in [0.3, 0.4) is 0 Å². The van der Waals surface area contributed by atoms with Crippen LogP contribution in [0.4, 0.5) is 18.9 Å². The molecule has 0 aliphatic carbocycles. The van der Waals surface area contributed by atoms with Gasteiger partial charge in [0, 0.05) is 18.7 Å². The van der Waals surface area contributed by atoms with Crippen molar-refractivity contribution < 1.29 is 27.5 Å². The summed E-state index contributed by atoms with van der Waals surface area (Å²) >= 11 is 0. The number of nitrogens with two attached hydrogens (primary N) is 1. The van der Waals surface area contributed by atoms with Crippen molar-refractivity contribution in [2.24, 2.45) is 10.7 Å². The molecule has 23 heavy (non-hydrogen) atoms. The van der Waals surface area contributed by atoms with Crippen LogP contribution in [0.1, 0.15) is 17.5 Å². The van der Waals surface area contributed by atoms with Crippen LogP contribution in [0.2, 0.25) is 0 Å². The highest BCUT2D eigenvalue weighted by Gasteiger charge is 2.34. The number of hydrogen-bond acceptors (Lipinski definition) is 5. The smallest absolute Gasteiger partial charge is 0.418 e. The Morgan fingerprint density at radius 1 is 1.39 bits per heavy atom. The van der Waals surface area contributed by atoms with Gasteiger partial charge < -0.3 is 15.8 Å². The maximum absolute atomic E-state index is 13.2. The molecule has 3 N–H and O–H groups in total. The molecule has 6 nitrogen and oxygen atoms in total. The van der Waals surface area contributed by atoms with E-state index in [2.05, 4.69) is 10.3 Å². The zero-order valence-electron chi connectivity index (χ0n) is 11.9. The van der Waals surface area contributed by atoms with Crippen molar-refractivity contribution in [3.05, 3.63) is 29.3 Å². The van der Waals surface area contributed by atoms with Gasteiger partial charge in [-0.15, -0.1) is 0 Å². The lowest BCUT2D eigenvalue weighted by Crippen LogP contribution is -2.24. The molecule has 0 radical (unpaired) electrons. The average molecular weight is 329 g/mol. The summed E-state index contributed by atoms with van der Waals surface area (Å²) in [7, 11) is 0. The molecule has 0 bridgehead atoms. The van der Waals surface area contributed by atoms with E-state index in [0.717, 1.165) is 6.07 Å². The van der Waals surface area contributed by atoms with E-state index >= 15 is 0 Å². The number of hydrogen-bond donors (Lipinski definition) is 2. The summed E-state index contributed by atoms with van der Waals surface area (Å²) in [6.07, 6.45) is -4.67. The highest BCUT2D eigenvalue weighted by molar-refractivity contribution is 6.04. The van der Waals surface area contributed by atoms with Crippen molar-refractivity contribution in [2.75, 3.05) is 25.0 Å². The molecule has 0 fully saturated rings. The Balaban J connectivity index is 2.27. The quantitative estimate of drug-likeness (QED) is 0.797. The first-order valence-corrected chi connectivity index (χ1v) is 6.70. The lowest BCUT2D eigenvalue weighted by molar-refractivity contribution is -0.141. The molecular formula is C14H14F3N3O3. The van der Waals surface area contributed by atoms with Gasteiger partial charge in [-0.1, -0.05) is 6.07 Å². The maximum Gasteiger partial charge on any atom is 0.418 e. The third kappa shape index (κ3) is 4.44. The van der Waals surface area contributed by atoms with Gasteiger partial charge in [0.1, 0.15) is 13.2 Å². The number of nitrogens with one attached hydrogen (secondary N) is 1. The van der Waals surface area contributed by atoms with E-state index in [9.17, 15) is 22.8 Å². The Kier molecular flexibility index (Phi) is 4.87. The number of carbonyl (C=O) groups is 2. The molecule has 1 aliphatic rings. The second kappa shape index (κ2) is 6.67. The molecule has 9 heteroatoms. The number of aliphatic imine (C=N–C) groups is 1. The van der Waals surface area contributed by atoms with E-state index in [0.29, 0.717) is 0 Å². The number of rotatable bonds is 5. The summed E-state index contributed by atoms with van der Waals surface area (Å²) in [5.41, 5.74) is 4.41. The number of carbonyl (C=O) groups excluding carboxylic acids is 2. The molecule has 1 aromatic rings. The van der Waals surface area contributed by atoms with E-state index < -0.39 is 23.6 Å². The van der Waals surface area contributed by atoms with Crippen LogP contribution < -0.4 is 11.1 Å². The van der Waals surface area contributed by atoms with E-state index in [4.69, 9.17) is 10.5 Å². The van der Waals surface area contributed by atoms with Crippen molar-refractivity contribution in [3.8, 4) is 0 Å². The molecule has 0 saturated carbocycles. The van der Waals surface area contributed by atoms with Crippen LogP contribution in [0.25, 0.3) is 0 Å². The number of amides is 1. The van der Waals surface area contributed by atoms with Crippen LogP contribution >= 0.6 is 0 Å². The fraction of sp³-hybridized carbons (Fsp3) is 0.357. The minimum Gasteiger partial charge on any atom is -0.458 e. The average Bonchev–Trinajstić information content (AvgIpc) is 2.47. The maximum atomic E-state index is 13.2. The number of benzene rings is 1. The van der Waals surface area contributed by atoms with Gasteiger partial charge in [-0.05, 0) is 17.7 Å². The van der Waals surface area contributed by atoms with Crippen LogP contribution in [0.15, 0.2) is 23.2 Å². The number of nitrogens with zero attached hydrogens (tertiary/aromatic N) is 1. The number of ether oxygens (including phenoxy) is 1. The van der Waals surface area contributed by atoms with Crippen molar-refractivity contribution in [2.45, 2.75) is 12.6 Å². The molecule has 0 aromatic heterocycles. The number of cyclic esters (lactones) is 1. The molecule has 0 spiro atoms. The fourth-order valence-electron chi connectivity index (χ4n) is 2.01. The minimum atomic E-state index is -4.59. The van der Waals surface area contributed by atoms with Gasteiger partial charge in [-0.25, -0.2) is 0 Å². The Morgan fingerprint density at radius 2 is 2.13 bits per heavy atom. The molecule has 1 amide bonds.